The fourth-order valence-electron chi connectivity index (χ4n) is 5.17. The van der Waals surface area contributed by atoms with Crippen LogP contribution in [-0.2, 0) is 9.47 Å². The summed E-state index contributed by atoms with van der Waals surface area (Å²) < 4.78 is 11.4. The van der Waals surface area contributed by atoms with Crippen LogP contribution in [0.1, 0.15) is 56.9 Å². The summed E-state index contributed by atoms with van der Waals surface area (Å²) in [5, 5.41) is 0.809. The van der Waals surface area contributed by atoms with Gasteiger partial charge in [-0.15, -0.1) is 0 Å². The minimum Gasteiger partial charge on any atom is -0.350 e. The quantitative estimate of drug-likeness (QED) is 0.612. The maximum Gasteiger partial charge on any atom is 0.160 e. The van der Waals surface area contributed by atoms with Gasteiger partial charge in [-0.25, -0.2) is 0 Å². The molecule has 0 N–H and O–H groups in total. The molecule has 0 atom stereocenters. The third-order valence-electron chi connectivity index (χ3n) is 6.76. The predicted octanol–water partition coefficient (Wildman–Crippen LogP) is 6.34. The molecule has 1 aromatic carbocycles. The Balaban J connectivity index is 1.21. The van der Waals surface area contributed by atoms with Crippen molar-refractivity contribution in [2.24, 2.45) is 23.7 Å². The summed E-state index contributed by atoms with van der Waals surface area (Å²) in [6.07, 6.45) is 15.7. The van der Waals surface area contributed by atoms with Crippen molar-refractivity contribution < 1.29 is 9.47 Å². The van der Waals surface area contributed by atoms with Crippen LogP contribution in [0.15, 0.2) is 30.3 Å². The van der Waals surface area contributed by atoms with Gasteiger partial charge in [0.25, 0.3) is 0 Å². The molecule has 0 amide bonds. The van der Waals surface area contributed by atoms with Gasteiger partial charge in [-0.3, -0.25) is 0 Å². The summed E-state index contributed by atoms with van der Waals surface area (Å²) >= 11 is 5.96. The van der Waals surface area contributed by atoms with E-state index in [4.69, 9.17) is 21.1 Å². The first kappa shape index (κ1) is 18.5. The number of hydrogen-bond donors (Lipinski definition) is 0. The topological polar surface area (TPSA) is 18.5 Å². The molecule has 0 aromatic heterocycles. The first-order valence-electron chi connectivity index (χ1n) is 10.4. The lowest BCUT2D eigenvalue weighted by atomic mass is 9.69. The minimum atomic E-state index is 0.102. The fraction of sp³-hybridized carbons (Fsp3) is 0.652. The second kappa shape index (κ2) is 8.91. The lowest BCUT2D eigenvalue weighted by Gasteiger charge is -2.38. The molecule has 2 saturated carbocycles. The summed E-state index contributed by atoms with van der Waals surface area (Å²) in [5.41, 5.74) is 1.26. The molecular formula is C23H31ClO2. The molecule has 3 fully saturated rings. The molecule has 2 nitrogen and oxygen atoms in total. The molecule has 1 aromatic rings. The highest BCUT2D eigenvalue weighted by atomic mass is 35.5. The number of rotatable bonds is 4. The monoisotopic (exact) mass is 374 g/mol. The molecule has 0 spiro atoms. The van der Waals surface area contributed by atoms with Crippen molar-refractivity contribution in [1.82, 2.24) is 0 Å². The van der Waals surface area contributed by atoms with E-state index in [1.165, 1.54) is 56.9 Å². The molecule has 142 valence electrons. The molecule has 1 saturated heterocycles. The molecule has 1 heterocycles. The van der Waals surface area contributed by atoms with E-state index >= 15 is 0 Å². The van der Waals surface area contributed by atoms with Gasteiger partial charge in [-0.2, -0.15) is 0 Å². The van der Waals surface area contributed by atoms with E-state index in [1.807, 2.05) is 12.1 Å². The van der Waals surface area contributed by atoms with Crippen LogP contribution in [0.3, 0.4) is 0 Å². The first-order valence-corrected chi connectivity index (χ1v) is 10.8. The Morgan fingerprint density at radius 1 is 0.731 bits per heavy atom. The summed E-state index contributed by atoms with van der Waals surface area (Å²) in [5.74, 6) is 3.28. The number of halogens is 1. The van der Waals surface area contributed by atoms with E-state index in [0.29, 0.717) is 5.92 Å². The molecule has 2 aliphatic carbocycles. The van der Waals surface area contributed by atoms with Crippen LogP contribution < -0.4 is 0 Å². The maximum atomic E-state index is 5.96. The van der Waals surface area contributed by atoms with Gasteiger partial charge in [0, 0.05) is 10.9 Å². The van der Waals surface area contributed by atoms with Crippen LogP contribution in [0, 0.1) is 23.7 Å². The number of hydrogen-bond acceptors (Lipinski definition) is 2. The van der Waals surface area contributed by atoms with Gasteiger partial charge in [0.05, 0.1) is 13.2 Å². The van der Waals surface area contributed by atoms with E-state index in [1.54, 1.807) is 0 Å². The zero-order chi connectivity index (χ0) is 17.8. The third-order valence-corrected chi connectivity index (χ3v) is 7.01. The van der Waals surface area contributed by atoms with Gasteiger partial charge in [0.1, 0.15) is 0 Å². The number of benzene rings is 1. The van der Waals surface area contributed by atoms with Crippen molar-refractivity contribution in [3.63, 3.8) is 0 Å². The van der Waals surface area contributed by atoms with Gasteiger partial charge in [-0.1, -0.05) is 35.9 Å². The van der Waals surface area contributed by atoms with E-state index in [2.05, 4.69) is 24.3 Å². The van der Waals surface area contributed by atoms with Gasteiger partial charge in [-0.05, 0) is 86.8 Å². The van der Waals surface area contributed by atoms with Crippen LogP contribution in [0.2, 0.25) is 5.02 Å². The lowest BCUT2D eigenvalue weighted by Crippen LogP contribution is -2.30. The van der Waals surface area contributed by atoms with Crippen LogP contribution in [-0.4, -0.2) is 19.5 Å². The average molecular weight is 375 g/mol. The van der Waals surface area contributed by atoms with Crippen LogP contribution in [0.4, 0.5) is 0 Å². The smallest absolute Gasteiger partial charge is 0.160 e. The van der Waals surface area contributed by atoms with Gasteiger partial charge >= 0.3 is 0 Å². The summed E-state index contributed by atoms with van der Waals surface area (Å²) in [4.78, 5) is 0. The Morgan fingerprint density at radius 2 is 1.27 bits per heavy atom. The molecular weight excluding hydrogens is 344 g/mol. The standard InChI is InChI=1S/C23H31ClO2/c24-22-13-5-18(6-14-22)2-1-17-3-7-19(8-4-17)20-9-11-21(12-10-20)23-25-15-16-26-23/h1-2,5-6,13-14,17,19-21,23H,3-4,7-12,15-16H2. The van der Waals surface area contributed by atoms with Crippen molar-refractivity contribution in [2.45, 2.75) is 57.7 Å². The fourth-order valence-corrected chi connectivity index (χ4v) is 5.29. The van der Waals surface area contributed by atoms with Crippen molar-refractivity contribution in [3.05, 3.63) is 40.9 Å². The molecule has 0 bridgehead atoms. The Hall–Kier alpha value is -0.830. The highest BCUT2D eigenvalue weighted by molar-refractivity contribution is 6.30. The first-order chi connectivity index (χ1) is 12.8. The Bertz CT molecular complexity index is 575. The second-order valence-electron chi connectivity index (χ2n) is 8.37. The highest BCUT2D eigenvalue weighted by Crippen LogP contribution is 2.43. The summed E-state index contributed by atoms with van der Waals surface area (Å²) in [6.45, 7) is 1.58. The molecule has 0 unspecified atom stereocenters. The van der Waals surface area contributed by atoms with Crippen LogP contribution in [0.5, 0.6) is 0 Å². The lowest BCUT2D eigenvalue weighted by molar-refractivity contribution is -0.0972. The minimum absolute atomic E-state index is 0.102. The SMILES string of the molecule is Clc1ccc(C=CC2CCC(C3CCC(C4OCCO4)CC3)CC2)cc1. The molecule has 1 aliphatic heterocycles. The van der Waals surface area contributed by atoms with E-state index in [9.17, 15) is 0 Å². The normalized spacial score (nSPS) is 33.7. The van der Waals surface area contributed by atoms with Gasteiger partial charge in [0.2, 0.25) is 0 Å². The number of ether oxygens (including phenoxy) is 2. The second-order valence-corrected chi connectivity index (χ2v) is 8.81. The van der Waals surface area contributed by atoms with Crippen LogP contribution >= 0.6 is 11.6 Å². The zero-order valence-electron chi connectivity index (χ0n) is 15.6. The largest absolute Gasteiger partial charge is 0.350 e. The Morgan fingerprint density at radius 3 is 1.88 bits per heavy atom. The van der Waals surface area contributed by atoms with E-state index in [0.717, 1.165) is 36.0 Å². The van der Waals surface area contributed by atoms with E-state index in [-0.39, 0.29) is 6.29 Å². The summed E-state index contributed by atoms with van der Waals surface area (Å²) in [6, 6.07) is 8.13. The van der Waals surface area contributed by atoms with Crippen molar-refractivity contribution >= 4 is 17.7 Å². The molecule has 26 heavy (non-hydrogen) atoms. The average Bonchev–Trinajstić information content (AvgIpc) is 3.23. The molecule has 3 aliphatic rings. The van der Waals surface area contributed by atoms with E-state index < -0.39 is 0 Å². The predicted molar refractivity (Wildman–Crippen MR) is 107 cm³/mol. The Labute approximate surface area is 162 Å². The molecule has 3 heteroatoms. The third kappa shape index (κ3) is 4.71. The Kier molecular flexibility index (Phi) is 6.35. The van der Waals surface area contributed by atoms with Crippen molar-refractivity contribution in [2.75, 3.05) is 13.2 Å². The highest BCUT2D eigenvalue weighted by Gasteiger charge is 2.34. The maximum absolute atomic E-state index is 5.96. The molecule has 0 radical (unpaired) electrons. The van der Waals surface area contributed by atoms with Crippen LogP contribution in [0.25, 0.3) is 6.08 Å². The van der Waals surface area contributed by atoms with Gasteiger partial charge in [0.15, 0.2) is 6.29 Å². The number of allylic oxidation sites excluding steroid dienone is 1. The summed E-state index contributed by atoms with van der Waals surface area (Å²) in [7, 11) is 0. The van der Waals surface area contributed by atoms with Crippen molar-refractivity contribution in [1.29, 1.82) is 0 Å². The zero-order valence-corrected chi connectivity index (χ0v) is 16.4. The molecule has 4 rings (SSSR count). The van der Waals surface area contributed by atoms with Gasteiger partial charge < -0.3 is 9.47 Å². The van der Waals surface area contributed by atoms with Crippen molar-refractivity contribution in [3.8, 4) is 0 Å².